The normalized spacial score (nSPS) is 13.6. The van der Waals surface area contributed by atoms with Crippen LogP contribution in [0, 0.1) is 5.41 Å². The van der Waals surface area contributed by atoms with Crippen molar-refractivity contribution >= 4 is 17.7 Å². The highest BCUT2D eigenvalue weighted by atomic mass is 32.2. The first-order valence-electron chi connectivity index (χ1n) is 5.90. The third kappa shape index (κ3) is 9.04. The molecule has 0 rings (SSSR count). The first kappa shape index (κ1) is 15.8. The Hall–Kier alpha value is -0.220. The van der Waals surface area contributed by atoms with E-state index < -0.39 is 0 Å². The van der Waals surface area contributed by atoms with Gasteiger partial charge in [0.15, 0.2) is 0 Å². The maximum Gasteiger partial charge on any atom is 0.220 e. The van der Waals surface area contributed by atoms with Gasteiger partial charge < -0.3 is 10.4 Å². The Balaban J connectivity index is 3.72. The molecule has 4 heteroatoms. The summed E-state index contributed by atoms with van der Waals surface area (Å²) < 4.78 is 0. The van der Waals surface area contributed by atoms with Gasteiger partial charge in [0.2, 0.25) is 5.91 Å². The summed E-state index contributed by atoms with van der Waals surface area (Å²) >= 11 is 1.78. The zero-order valence-electron chi connectivity index (χ0n) is 10.9. The molecule has 0 aliphatic heterocycles. The van der Waals surface area contributed by atoms with Gasteiger partial charge in [-0.25, -0.2) is 0 Å². The third-order valence-electron chi connectivity index (χ3n) is 2.29. The lowest BCUT2D eigenvalue weighted by atomic mass is 9.87. The Labute approximate surface area is 103 Å². The highest BCUT2D eigenvalue weighted by Gasteiger charge is 2.20. The van der Waals surface area contributed by atoms with Gasteiger partial charge in [-0.1, -0.05) is 20.8 Å². The van der Waals surface area contributed by atoms with Gasteiger partial charge in [0.25, 0.3) is 0 Å². The number of carbonyl (C=O) groups is 1. The molecule has 16 heavy (non-hydrogen) atoms. The number of rotatable bonds is 8. The minimum Gasteiger partial charge on any atom is -0.393 e. The monoisotopic (exact) mass is 247 g/mol. The smallest absolute Gasteiger partial charge is 0.220 e. The van der Waals surface area contributed by atoms with Crippen molar-refractivity contribution < 1.29 is 9.90 Å². The fourth-order valence-electron chi connectivity index (χ4n) is 1.61. The highest BCUT2D eigenvalue weighted by molar-refractivity contribution is 7.99. The minimum absolute atomic E-state index is 0.0400. The van der Waals surface area contributed by atoms with Gasteiger partial charge in [0, 0.05) is 18.7 Å². The number of amides is 1. The molecule has 0 aliphatic rings. The van der Waals surface area contributed by atoms with E-state index in [0.717, 1.165) is 11.5 Å². The average molecular weight is 247 g/mol. The molecule has 1 amide bonds. The van der Waals surface area contributed by atoms with E-state index in [1.165, 1.54) is 0 Å². The van der Waals surface area contributed by atoms with Crippen LogP contribution in [0.15, 0.2) is 0 Å². The van der Waals surface area contributed by atoms with Crippen LogP contribution in [0.4, 0.5) is 0 Å². The van der Waals surface area contributed by atoms with Crippen LogP contribution in [0.5, 0.6) is 0 Å². The Morgan fingerprint density at radius 3 is 2.62 bits per heavy atom. The van der Waals surface area contributed by atoms with Crippen molar-refractivity contribution in [1.29, 1.82) is 0 Å². The molecular formula is C12H25NO2S. The van der Waals surface area contributed by atoms with E-state index in [0.29, 0.717) is 19.4 Å². The number of nitrogens with one attached hydrogen (secondary N) is 1. The molecule has 0 aromatic heterocycles. The van der Waals surface area contributed by atoms with Crippen LogP contribution < -0.4 is 5.32 Å². The largest absolute Gasteiger partial charge is 0.393 e. The van der Waals surface area contributed by atoms with Gasteiger partial charge in [-0.15, -0.1) is 0 Å². The summed E-state index contributed by atoms with van der Waals surface area (Å²) in [6.45, 7) is 8.62. The SMILES string of the molecule is CCSCCC(=O)NCC(C)(C)CC(C)O. The lowest BCUT2D eigenvalue weighted by Gasteiger charge is -2.26. The van der Waals surface area contributed by atoms with Crippen LogP contribution in [-0.2, 0) is 4.79 Å². The number of carbonyl (C=O) groups excluding carboxylic acids is 1. The second-order valence-corrected chi connectivity index (χ2v) is 6.33. The summed E-state index contributed by atoms with van der Waals surface area (Å²) in [4.78, 5) is 11.5. The summed E-state index contributed by atoms with van der Waals surface area (Å²) in [6, 6.07) is 0. The van der Waals surface area contributed by atoms with Crippen LogP contribution in [0.3, 0.4) is 0 Å². The molecule has 0 heterocycles. The van der Waals surface area contributed by atoms with Crippen LogP contribution in [0.25, 0.3) is 0 Å². The van der Waals surface area contributed by atoms with Crippen molar-refractivity contribution in [3.05, 3.63) is 0 Å². The minimum atomic E-state index is -0.317. The van der Waals surface area contributed by atoms with Gasteiger partial charge in [-0.3, -0.25) is 4.79 Å². The van der Waals surface area contributed by atoms with Gasteiger partial charge >= 0.3 is 0 Å². The molecule has 0 radical (unpaired) electrons. The molecule has 96 valence electrons. The lowest BCUT2D eigenvalue weighted by molar-refractivity contribution is -0.121. The summed E-state index contributed by atoms with van der Waals surface area (Å²) in [7, 11) is 0. The van der Waals surface area contributed by atoms with Crippen LogP contribution in [0.2, 0.25) is 0 Å². The van der Waals surface area contributed by atoms with Crippen LogP contribution in [0.1, 0.15) is 40.5 Å². The molecule has 0 bridgehead atoms. The Kier molecular flexibility index (Phi) is 7.85. The number of thioether (sulfide) groups is 1. The van der Waals surface area contributed by atoms with Crippen LogP contribution >= 0.6 is 11.8 Å². The van der Waals surface area contributed by atoms with E-state index in [2.05, 4.69) is 26.1 Å². The van der Waals surface area contributed by atoms with Gasteiger partial charge in [-0.2, -0.15) is 11.8 Å². The van der Waals surface area contributed by atoms with Crippen molar-refractivity contribution in [2.24, 2.45) is 5.41 Å². The van der Waals surface area contributed by atoms with Crippen molar-refractivity contribution in [3.63, 3.8) is 0 Å². The predicted molar refractivity (Wildman–Crippen MR) is 70.7 cm³/mol. The Morgan fingerprint density at radius 1 is 1.50 bits per heavy atom. The van der Waals surface area contributed by atoms with Crippen molar-refractivity contribution in [3.8, 4) is 0 Å². The fourth-order valence-corrected chi connectivity index (χ4v) is 2.23. The summed E-state index contributed by atoms with van der Waals surface area (Å²) in [5.41, 5.74) is -0.0400. The van der Waals surface area contributed by atoms with Crippen molar-refractivity contribution in [2.45, 2.75) is 46.6 Å². The lowest BCUT2D eigenvalue weighted by Crippen LogP contribution is -2.35. The standard InChI is InChI=1S/C12H25NO2S/c1-5-16-7-6-11(15)13-9-12(3,4)8-10(2)14/h10,14H,5-9H2,1-4H3,(H,13,15). The summed E-state index contributed by atoms with van der Waals surface area (Å²) in [5.74, 6) is 2.06. The first-order valence-corrected chi connectivity index (χ1v) is 7.05. The molecule has 0 fully saturated rings. The quantitative estimate of drug-likeness (QED) is 0.645. The molecule has 3 nitrogen and oxygen atoms in total. The topological polar surface area (TPSA) is 49.3 Å². The molecule has 0 saturated carbocycles. The molecule has 1 atom stereocenters. The molecule has 2 N–H and O–H groups in total. The van der Waals surface area contributed by atoms with E-state index in [1.807, 2.05) is 0 Å². The maximum absolute atomic E-state index is 11.5. The van der Waals surface area contributed by atoms with Crippen LogP contribution in [-0.4, -0.2) is 35.2 Å². The molecular weight excluding hydrogens is 222 g/mol. The first-order chi connectivity index (χ1) is 7.37. The highest BCUT2D eigenvalue weighted by Crippen LogP contribution is 2.21. The third-order valence-corrected chi connectivity index (χ3v) is 3.19. The maximum atomic E-state index is 11.5. The molecule has 1 unspecified atom stereocenters. The zero-order valence-corrected chi connectivity index (χ0v) is 11.7. The number of aliphatic hydroxyl groups is 1. The second-order valence-electron chi connectivity index (χ2n) is 4.94. The number of hydrogen-bond acceptors (Lipinski definition) is 3. The second kappa shape index (κ2) is 7.96. The molecule has 0 aromatic carbocycles. The Morgan fingerprint density at radius 2 is 2.12 bits per heavy atom. The predicted octanol–water partition coefficient (Wildman–Crippen LogP) is 2.04. The zero-order chi connectivity index (χ0) is 12.6. The Bertz CT molecular complexity index is 205. The van der Waals surface area contributed by atoms with Gasteiger partial charge in [0.05, 0.1) is 6.10 Å². The molecule has 0 aliphatic carbocycles. The van der Waals surface area contributed by atoms with E-state index >= 15 is 0 Å². The molecule has 0 saturated heterocycles. The average Bonchev–Trinajstić information content (AvgIpc) is 2.13. The summed E-state index contributed by atoms with van der Waals surface area (Å²) in [6.07, 6.45) is 0.975. The van der Waals surface area contributed by atoms with E-state index in [1.54, 1.807) is 18.7 Å². The fraction of sp³-hybridized carbons (Fsp3) is 0.917. The van der Waals surface area contributed by atoms with Gasteiger partial charge in [-0.05, 0) is 24.5 Å². The van der Waals surface area contributed by atoms with E-state index in [9.17, 15) is 9.90 Å². The number of aliphatic hydroxyl groups excluding tert-OH is 1. The van der Waals surface area contributed by atoms with E-state index in [4.69, 9.17) is 0 Å². The van der Waals surface area contributed by atoms with Crippen molar-refractivity contribution in [2.75, 3.05) is 18.1 Å². The van der Waals surface area contributed by atoms with Gasteiger partial charge in [0.1, 0.15) is 0 Å². The molecule has 0 aromatic rings. The summed E-state index contributed by atoms with van der Waals surface area (Å²) in [5, 5.41) is 12.2. The van der Waals surface area contributed by atoms with E-state index in [-0.39, 0.29) is 17.4 Å². The molecule has 0 spiro atoms. The number of hydrogen-bond donors (Lipinski definition) is 2. The van der Waals surface area contributed by atoms with Crippen molar-refractivity contribution in [1.82, 2.24) is 5.32 Å².